The number of hydrogen-bond donors (Lipinski definition) is 2. The van der Waals surface area contributed by atoms with Crippen molar-refractivity contribution in [3.63, 3.8) is 0 Å². The standard InChI is InChI=1S/C31H56O6Si/c1-8-19-31(20-14-21-31)28(37-38(6,7)30(3,4)5)17-13-16-24-25(15-11-9-10-12-18-29(34)35)27(22-26(24)33)36-23(2)32/h13,16,24-28,33H,8-12,14-15,17-22H2,1-7H3,(H,34,35)/b16-13+/t24-,25-,26-,27?,28?/m1/s1. The summed E-state index contributed by atoms with van der Waals surface area (Å²) in [7, 11) is -1.94. The second kappa shape index (κ2) is 14.4. The number of ether oxygens (including phenoxy) is 1. The first-order valence-electron chi connectivity index (χ1n) is 15.1. The molecule has 38 heavy (non-hydrogen) atoms. The molecule has 0 aliphatic heterocycles. The summed E-state index contributed by atoms with van der Waals surface area (Å²) >= 11 is 0. The van der Waals surface area contributed by atoms with Crippen LogP contribution in [0.1, 0.15) is 118 Å². The smallest absolute Gasteiger partial charge is 0.303 e. The number of aliphatic hydroxyl groups excluding tert-OH is 1. The Balaban J connectivity index is 2.13. The summed E-state index contributed by atoms with van der Waals surface area (Å²) < 4.78 is 12.7. The summed E-state index contributed by atoms with van der Waals surface area (Å²) in [4.78, 5) is 22.5. The van der Waals surface area contributed by atoms with E-state index in [1.807, 2.05) is 0 Å². The predicted molar refractivity (Wildman–Crippen MR) is 156 cm³/mol. The summed E-state index contributed by atoms with van der Waals surface area (Å²) in [5.74, 6) is -1.01. The summed E-state index contributed by atoms with van der Waals surface area (Å²) in [5, 5.41) is 20.0. The molecule has 2 N–H and O–H groups in total. The predicted octanol–water partition coefficient (Wildman–Crippen LogP) is 7.65. The fourth-order valence-corrected chi connectivity index (χ4v) is 7.70. The van der Waals surface area contributed by atoms with Gasteiger partial charge in [-0.25, -0.2) is 0 Å². The number of carboxylic acids is 1. The van der Waals surface area contributed by atoms with E-state index in [1.54, 1.807) is 0 Å². The molecule has 5 atom stereocenters. The molecule has 6 nitrogen and oxygen atoms in total. The van der Waals surface area contributed by atoms with Crippen LogP contribution in [0.2, 0.25) is 18.1 Å². The molecule has 0 amide bonds. The van der Waals surface area contributed by atoms with E-state index < -0.39 is 20.4 Å². The van der Waals surface area contributed by atoms with Gasteiger partial charge in [-0.2, -0.15) is 0 Å². The molecule has 2 unspecified atom stereocenters. The zero-order valence-electron chi connectivity index (χ0n) is 25.3. The first-order chi connectivity index (χ1) is 17.7. The van der Waals surface area contributed by atoms with Crippen LogP contribution >= 0.6 is 0 Å². The first-order valence-corrected chi connectivity index (χ1v) is 18.0. The van der Waals surface area contributed by atoms with Gasteiger partial charge in [-0.3, -0.25) is 9.59 Å². The first kappa shape index (κ1) is 33.0. The van der Waals surface area contributed by atoms with E-state index in [4.69, 9.17) is 14.3 Å². The minimum Gasteiger partial charge on any atom is -0.481 e. The van der Waals surface area contributed by atoms with Crippen molar-refractivity contribution in [2.24, 2.45) is 17.3 Å². The van der Waals surface area contributed by atoms with Crippen LogP contribution in [0.4, 0.5) is 0 Å². The highest BCUT2D eigenvalue weighted by atomic mass is 28.4. The number of esters is 1. The molecule has 0 spiro atoms. The zero-order valence-corrected chi connectivity index (χ0v) is 26.3. The van der Waals surface area contributed by atoms with E-state index in [0.717, 1.165) is 32.1 Å². The molecule has 220 valence electrons. The van der Waals surface area contributed by atoms with E-state index in [1.165, 1.54) is 39.0 Å². The number of hydrogen-bond acceptors (Lipinski definition) is 5. The number of aliphatic carboxylic acids is 1. The Hall–Kier alpha value is -1.18. The highest BCUT2D eigenvalue weighted by Gasteiger charge is 2.48. The second-order valence-corrected chi connectivity index (χ2v) is 18.3. The van der Waals surface area contributed by atoms with Crippen LogP contribution in [-0.2, 0) is 18.8 Å². The number of carbonyl (C=O) groups is 2. The quantitative estimate of drug-likeness (QED) is 0.0884. The lowest BCUT2D eigenvalue weighted by Crippen LogP contribution is -2.51. The van der Waals surface area contributed by atoms with Crippen LogP contribution in [0, 0.1) is 17.3 Å². The minimum absolute atomic E-state index is 0.0459. The molecular weight excluding hydrogens is 496 g/mol. The van der Waals surface area contributed by atoms with Crippen molar-refractivity contribution < 1.29 is 29.0 Å². The second-order valence-electron chi connectivity index (χ2n) is 13.5. The number of carboxylic acid groups (broad SMARTS) is 1. The maximum Gasteiger partial charge on any atom is 0.303 e. The zero-order chi connectivity index (χ0) is 28.6. The van der Waals surface area contributed by atoms with Crippen molar-refractivity contribution in [3.8, 4) is 0 Å². The van der Waals surface area contributed by atoms with E-state index in [-0.39, 0.29) is 46.9 Å². The molecule has 7 heteroatoms. The van der Waals surface area contributed by atoms with Crippen molar-refractivity contribution in [3.05, 3.63) is 12.2 Å². The van der Waals surface area contributed by atoms with Crippen LogP contribution in [0.3, 0.4) is 0 Å². The molecule has 0 radical (unpaired) electrons. The fourth-order valence-electron chi connectivity index (χ4n) is 6.29. The normalized spacial score (nSPS) is 26.3. The van der Waals surface area contributed by atoms with Gasteiger partial charge in [-0.1, -0.05) is 72.0 Å². The van der Waals surface area contributed by atoms with Crippen LogP contribution in [-0.4, -0.2) is 48.8 Å². The van der Waals surface area contributed by atoms with E-state index in [9.17, 15) is 14.7 Å². The molecule has 0 aromatic heterocycles. The Morgan fingerprint density at radius 3 is 2.32 bits per heavy atom. The molecule has 0 saturated heterocycles. The van der Waals surface area contributed by atoms with Crippen molar-refractivity contribution >= 4 is 20.3 Å². The molecule has 2 aliphatic rings. The molecule has 0 aromatic carbocycles. The van der Waals surface area contributed by atoms with Crippen LogP contribution in [0.25, 0.3) is 0 Å². The van der Waals surface area contributed by atoms with Crippen molar-refractivity contribution in [2.75, 3.05) is 0 Å². The van der Waals surface area contributed by atoms with Crippen LogP contribution in [0.15, 0.2) is 12.2 Å². The number of rotatable bonds is 16. The highest BCUT2D eigenvalue weighted by Crippen LogP contribution is 2.52. The summed E-state index contributed by atoms with van der Waals surface area (Å²) in [6.45, 7) is 15.3. The average Bonchev–Trinajstić information content (AvgIpc) is 3.04. The molecule has 2 aliphatic carbocycles. The number of unbranched alkanes of at least 4 members (excludes halogenated alkanes) is 3. The van der Waals surface area contributed by atoms with E-state index >= 15 is 0 Å². The monoisotopic (exact) mass is 552 g/mol. The lowest BCUT2D eigenvalue weighted by atomic mass is 9.62. The molecule has 2 saturated carbocycles. The maximum absolute atomic E-state index is 11.8. The third kappa shape index (κ3) is 9.19. The Morgan fingerprint density at radius 1 is 1.13 bits per heavy atom. The Bertz CT molecular complexity index is 782. The van der Waals surface area contributed by atoms with Crippen molar-refractivity contribution in [1.29, 1.82) is 0 Å². The summed E-state index contributed by atoms with van der Waals surface area (Å²) in [5.41, 5.74) is 0.262. The molecule has 2 rings (SSSR count). The maximum atomic E-state index is 11.8. The lowest BCUT2D eigenvalue weighted by Gasteiger charge is -2.51. The highest BCUT2D eigenvalue weighted by molar-refractivity contribution is 6.74. The van der Waals surface area contributed by atoms with E-state index in [0.29, 0.717) is 12.8 Å². The summed E-state index contributed by atoms with van der Waals surface area (Å²) in [6, 6.07) is 0. The third-order valence-corrected chi connectivity index (χ3v) is 14.1. The molecule has 0 heterocycles. The van der Waals surface area contributed by atoms with Gasteiger partial charge in [0.05, 0.1) is 12.2 Å². The van der Waals surface area contributed by atoms with Gasteiger partial charge in [0, 0.05) is 31.6 Å². The Labute approximate surface area is 233 Å². The van der Waals surface area contributed by atoms with Gasteiger partial charge in [0.15, 0.2) is 8.32 Å². The fraction of sp³-hybridized carbons (Fsp3) is 0.871. The summed E-state index contributed by atoms with van der Waals surface area (Å²) in [6.07, 6.45) is 15.8. The van der Waals surface area contributed by atoms with Gasteiger partial charge in [0.2, 0.25) is 0 Å². The molecule has 0 aromatic rings. The largest absolute Gasteiger partial charge is 0.481 e. The Morgan fingerprint density at radius 2 is 1.79 bits per heavy atom. The minimum atomic E-state index is -1.94. The van der Waals surface area contributed by atoms with Gasteiger partial charge >= 0.3 is 11.9 Å². The molecular formula is C31H56O6Si. The number of aliphatic hydroxyl groups is 1. The van der Waals surface area contributed by atoms with Crippen molar-refractivity contribution in [2.45, 2.75) is 155 Å². The number of carbonyl (C=O) groups excluding carboxylic acids is 1. The lowest BCUT2D eigenvalue weighted by molar-refractivity contribution is -0.148. The SMILES string of the molecule is CCCC1(C(C/C=C/[C@H]2[C@H](O)CC(OC(C)=O)[C@@H]2CCCCCCC(=O)O)O[Si](C)(C)C(C)(C)C)CCC1. The van der Waals surface area contributed by atoms with E-state index in [2.05, 4.69) is 52.9 Å². The van der Waals surface area contributed by atoms with Gasteiger partial charge in [-0.05, 0) is 62.1 Å². The van der Waals surface area contributed by atoms with Gasteiger partial charge < -0.3 is 19.4 Å². The molecule has 2 fully saturated rings. The van der Waals surface area contributed by atoms with Gasteiger partial charge in [0.25, 0.3) is 0 Å². The van der Waals surface area contributed by atoms with Crippen LogP contribution < -0.4 is 0 Å². The van der Waals surface area contributed by atoms with Crippen LogP contribution in [0.5, 0.6) is 0 Å². The topological polar surface area (TPSA) is 93.1 Å². The third-order valence-electron chi connectivity index (χ3n) is 9.62. The van der Waals surface area contributed by atoms with Crippen molar-refractivity contribution in [1.82, 2.24) is 0 Å². The molecule has 0 bridgehead atoms. The van der Waals surface area contributed by atoms with Gasteiger partial charge in [0.1, 0.15) is 6.10 Å². The van der Waals surface area contributed by atoms with Gasteiger partial charge in [-0.15, -0.1) is 0 Å². The average molecular weight is 553 g/mol. The Kier molecular flexibility index (Phi) is 12.6.